The van der Waals surface area contributed by atoms with Crippen LogP contribution in [0, 0.1) is 17.2 Å². The summed E-state index contributed by atoms with van der Waals surface area (Å²) >= 11 is 0. The first kappa shape index (κ1) is 9.91. The van der Waals surface area contributed by atoms with Crippen molar-refractivity contribution in [2.75, 3.05) is 5.32 Å². The monoisotopic (exact) mass is 202 g/mol. The van der Waals surface area contributed by atoms with Crippen molar-refractivity contribution in [3.63, 3.8) is 0 Å². The highest BCUT2D eigenvalue weighted by Gasteiger charge is 2.23. The molecule has 2 atom stereocenters. The molecule has 15 heavy (non-hydrogen) atoms. The van der Waals surface area contributed by atoms with E-state index in [9.17, 15) is 0 Å². The summed E-state index contributed by atoms with van der Waals surface area (Å²) in [7, 11) is 0. The number of nitriles is 1. The Morgan fingerprint density at radius 2 is 2.40 bits per heavy atom. The van der Waals surface area contributed by atoms with Crippen LogP contribution in [0.3, 0.4) is 0 Å². The topological polar surface area (TPSA) is 61.6 Å². The highest BCUT2D eigenvalue weighted by atomic mass is 15.1. The van der Waals surface area contributed by atoms with Gasteiger partial charge in [0.1, 0.15) is 11.8 Å². The summed E-state index contributed by atoms with van der Waals surface area (Å²) in [5.74, 6) is 1.24. The fourth-order valence-corrected chi connectivity index (χ4v) is 2.02. The predicted octanol–water partition coefficient (Wildman–Crippen LogP) is 1.95. The lowest BCUT2D eigenvalue weighted by molar-refractivity contribution is 0.553. The van der Waals surface area contributed by atoms with Crippen molar-refractivity contribution in [1.82, 2.24) is 9.97 Å². The summed E-state index contributed by atoms with van der Waals surface area (Å²) in [4.78, 5) is 8.22. The minimum absolute atomic E-state index is 0.415. The van der Waals surface area contributed by atoms with Gasteiger partial charge in [-0.15, -0.1) is 0 Å². The average molecular weight is 202 g/mol. The molecule has 0 spiro atoms. The van der Waals surface area contributed by atoms with Crippen LogP contribution in [0.2, 0.25) is 0 Å². The second-order valence-corrected chi connectivity index (χ2v) is 4.04. The molecule has 1 aromatic heterocycles. The lowest BCUT2D eigenvalue weighted by Gasteiger charge is -2.16. The summed E-state index contributed by atoms with van der Waals surface area (Å²) in [6.07, 6.45) is 5.31. The van der Waals surface area contributed by atoms with Crippen molar-refractivity contribution in [3.05, 3.63) is 18.0 Å². The third kappa shape index (κ3) is 2.24. The van der Waals surface area contributed by atoms with Crippen LogP contribution in [0.1, 0.15) is 31.9 Å². The molecule has 0 aliphatic heterocycles. The molecule has 1 saturated carbocycles. The summed E-state index contributed by atoms with van der Waals surface area (Å²) in [6.45, 7) is 2.23. The highest BCUT2D eigenvalue weighted by molar-refractivity contribution is 5.31. The maximum absolute atomic E-state index is 8.71. The minimum Gasteiger partial charge on any atom is -0.351 e. The molecular formula is C11H14N4. The fourth-order valence-electron chi connectivity index (χ4n) is 2.02. The largest absolute Gasteiger partial charge is 0.351 e. The Morgan fingerprint density at radius 3 is 3.07 bits per heavy atom. The lowest BCUT2D eigenvalue weighted by atomic mass is 10.1. The van der Waals surface area contributed by atoms with Gasteiger partial charge in [0, 0.05) is 12.2 Å². The molecule has 1 N–H and O–H groups in total. The number of anilines is 1. The number of rotatable bonds is 2. The lowest BCUT2D eigenvalue weighted by Crippen LogP contribution is -2.23. The van der Waals surface area contributed by atoms with Crippen LogP contribution in [0.15, 0.2) is 12.3 Å². The molecule has 0 amide bonds. The quantitative estimate of drug-likeness (QED) is 0.796. The summed E-state index contributed by atoms with van der Waals surface area (Å²) in [5, 5.41) is 12.0. The van der Waals surface area contributed by atoms with E-state index >= 15 is 0 Å². The van der Waals surface area contributed by atoms with Crippen molar-refractivity contribution in [1.29, 1.82) is 5.26 Å². The van der Waals surface area contributed by atoms with E-state index in [1.165, 1.54) is 19.3 Å². The Kier molecular flexibility index (Phi) is 2.82. The number of hydrogen-bond donors (Lipinski definition) is 1. The summed E-state index contributed by atoms with van der Waals surface area (Å²) < 4.78 is 0. The van der Waals surface area contributed by atoms with E-state index in [-0.39, 0.29) is 0 Å². The third-order valence-electron chi connectivity index (χ3n) is 2.95. The SMILES string of the molecule is CC1CCCC1Nc1nccc(C#N)n1. The molecule has 2 rings (SSSR count). The molecule has 1 aliphatic carbocycles. The molecule has 78 valence electrons. The molecular weight excluding hydrogens is 188 g/mol. The van der Waals surface area contributed by atoms with Gasteiger partial charge in [-0.05, 0) is 24.8 Å². The first-order chi connectivity index (χ1) is 7.29. The number of hydrogen-bond acceptors (Lipinski definition) is 4. The maximum atomic E-state index is 8.71. The maximum Gasteiger partial charge on any atom is 0.224 e. The van der Waals surface area contributed by atoms with Crippen LogP contribution in [-0.4, -0.2) is 16.0 Å². The second kappa shape index (κ2) is 4.26. The Bertz CT molecular complexity index is 382. The Morgan fingerprint density at radius 1 is 1.53 bits per heavy atom. The first-order valence-corrected chi connectivity index (χ1v) is 5.29. The molecule has 0 aromatic carbocycles. The molecule has 1 fully saturated rings. The zero-order valence-electron chi connectivity index (χ0n) is 8.77. The molecule has 4 nitrogen and oxygen atoms in total. The second-order valence-electron chi connectivity index (χ2n) is 4.04. The van der Waals surface area contributed by atoms with Crippen molar-refractivity contribution in [3.8, 4) is 6.07 Å². The Balaban J connectivity index is 2.07. The molecule has 0 saturated heterocycles. The van der Waals surface area contributed by atoms with Crippen LogP contribution in [0.5, 0.6) is 0 Å². The fraction of sp³-hybridized carbons (Fsp3) is 0.545. The van der Waals surface area contributed by atoms with E-state index < -0.39 is 0 Å². The third-order valence-corrected chi connectivity index (χ3v) is 2.95. The van der Waals surface area contributed by atoms with E-state index in [0.29, 0.717) is 23.6 Å². The van der Waals surface area contributed by atoms with E-state index in [1.54, 1.807) is 12.3 Å². The predicted molar refractivity (Wildman–Crippen MR) is 57.2 cm³/mol. The van der Waals surface area contributed by atoms with Gasteiger partial charge >= 0.3 is 0 Å². The van der Waals surface area contributed by atoms with Gasteiger partial charge in [0.15, 0.2) is 0 Å². The van der Waals surface area contributed by atoms with Gasteiger partial charge in [-0.1, -0.05) is 13.3 Å². The Labute approximate surface area is 89.4 Å². The molecule has 1 aliphatic rings. The van der Waals surface area contributed by atoms with E-state index in [2.05, 4.69) is 22.2 Å². The van der Waals surface area contributed by atoms with Gasteiger partial charge in [0.25, 0.3) is 0 Å². The number of nitrogens with zero attached hydrogens (tertiary/aromatic N) is 3. The van der Waals surface area contributed by atoms with Crippen molar-refractivity contribution in [2.45, 2.75) is 32.2 Å². The van der Waals surface area contributed by atoms with E-state index in [0.717, 1.165) is 0 Å². The minimum atomic E-state index is 0.415. The van der Waals surface area contributed by atoms with Gasteiger partial charge in [-0.2, -0.15) is 5.26 Å². The Hall–Kier alpha value is -1.63. The van der Waals surface area contributed by atoms with Crippen LogP contribution < -0.4 is 5.32 Å². The molecule has 2 unspecified atom stereocenters. The average Bonchev–Trinajstić information content (AvgIpc) is 2.65. The standard InChI is InChI=1S/C11H14N4/c1-8-3-2-4-10(8)15-11-13-6-5-9(7-12)14-11/h5-6,8,10H,2-4H2,1H3,(H,13,14,15). The molecule has 0 bridgehead atoms. The van der Waals surface area contributed by atoms with Gasteiger partial charge in [-0.3, -0.25) is 0 Å². The number of aromatic nitrogens is 2. The number of nitrogens with one attached hydrogen (secondary N) is 1. The summed E-state index contributed by atoms with van der Waals surface area (Å²) in [5.41, 5.74) is 0.415. The van der Waals surface area contributed by atoms with E-state index in [4.69, 9.17) is 5.26 Å². The zero-order chi connectivity index (χ0) is 10.7. The van der Waals surface area contributed by atoms with Gasteiger partial charge < -0.3 is 5.32 Å². The van der Waals surface area contributed by atoms with E-state index in [1.807, 2.05) is 6.07 Å². The zero-order valence-corrected chi connectivity index (χ0v) is 8.77. The van der Waals surface area contributed by atoms with Crippen molar-refractivity contribution in [2.24, 2.45) is 5.92 Å². The van der Waals surface area contributed by atoms with Gasteiger partial charge in [0.05, 0.1) is 0 Å². The molecule has 1 aromatic rings. The van der Waals surface area contributed by atoms with Crippen LogP contribution >= 0.6 is 0 Å². The van der Waals surface area contributed by atoms with Crippen LogP contribution in [0.25, 0.3) is 0 Å². The van der Waals surface area contributed by atoms with Crippen molar-refractivity contribution >= 4 is 5.95 Å². The normalized spacial score (nSPS) is 24.8. The molecule has 0 radical (unpaired) electrons. The van der Waals surface area contributed by atoms with Crippen LogP contribution in [-0.2, 0) is 0 Å². The van der Waals surface area contributed by atoms with Gasteiger partial charge in [0.2, 0.25) is 5.95 Å². The molecule has 4 heteroatoms. The highest BCUT2D eigenvalue weighted by Crippen LogP contribution is 2.26. The van der Waals surface area contributed by atoms with Gasteiger partial charge in [-0.25, -0.2) is 9.97 Å². The van der Waals surface area contributed by atoms with Crippen LogP contribution in [0.4, 0.5) is 5.95 Å². The smallest absolute Gasteiger partial charge is 0.224 e. The molecule has 1 heterocycles. The van der Waals surface area contributed by atoms with Crippen molar-refractivity contribution < 1.29 is 0 Å². The first-order valence-electron chi connectivity index (χ1n) is 5.29. The summed E-state index contributed by atoms with van der Waals surface area (Å²) in [6, 6.07) is 4.08.